The van der Waals surface area contributed by atoms with Gasteiger partial charge in [-0.15, -0.1) is 0 Å². The van der Waals surface area contributed by atoms with Crippen LogP contribution in [0, 0.1) is 11.6 Å². The molecule has 2 rings (SSSR count). The Morgan fingerprint density at radius 1 is 1.29 bits per heavy atom. The summed E-state index contributed by atoms with van der Waals surface area (Å²) in [5.74, 6) is -3.30. The standard InChI is InChI=1S/C11H14F2N2O4S2/c12-9-4-7(14)5-10(11(9)13)21(18,19)15-8-2-1-3-20(16,17)6-8/h4-5,8,15H,1-3,6,14H2. The first-order valence-corrected chi connectivity index (χ1v) is 9.38. The smallest absolute Gasteiger partial charge is 0.243 e. The first-order chi connectivity index (χ1) is 9.61. The average Bonchev–Trinajstić information content (AvgIpc) is 2.31. The Labute approximate surface area is 121 Å². The number of hydrogen-bond donors (Lipinski definition) is 2. The number of nitrogen functional groups attached to an aromatic ring is 1. The second-order valence-corrected chi connectivity index (χ2v) is 8.80. The van der Waals surface area contributed by atoms with Crippen molar-refractivity contribution in [3.05, 3.63) is 23.8 Å². The predicted molar refractivity (Wildman–Crippen MR) is 72.8 cm³/mol. The molecule has 1 heterocycles. The molecule has 1 unspecified atom stereocenters. The van der Waals surface area contributed by atoms with Crippen molar-refractivity contribution >= 4 is 25.5 Å². The molecule has 1 aliphatic heterocycles. The van der Waals surface area contributed by atoms with E-state index in [4.69, 9.17) is 5.73 Å². The van der Waals surface area contributed by atoms with Crippen LogP contribution < -0.4 is 10.5 Å². The number of nitrogens with two attached hydrogens (primary N) is 1. The van der Waals surface area contributed by atoms with Gasteiger partial charge in [0.05, 0.1) is 11.5 Å². The summed E-state index contributed by atoms with van der Waals surface area (Å²) in [6, 6.07) is 0.593. The number of anilines is 1. The lowest BCUT2D eigenvalue weighted by molar-refractivity contribution is 0.478. The predicted octanol–water partition coefficient (Wildman–Crippen LogP) is 0.403. The summed E-state index contributed by atoms with van der Waals surface area (Å²) in [6.45, 7) is 0. The third kappa shape index (κ3) is 3.69. The van der Waals surface area contributed by atoms with Crippen LogP contribution in [0.3, 0.4) is 0 Å². The van der Waals surface area contributed by atoms with Gasteiger partial charge < -0.3 is 5.73 Å². The first kappa shape index (κ1) is 16.1. The highest BCUT2D eigenvalue weighted by atomic mass is 32.2. The molecule has 1 fully saturated rings. The molecule has 10 heteroatoms. The molecule has 1 atom stereocenters. The minimum atomic E-state index is -4.40. The summed E-state index contributed by atoms with van der Waals surface area (Å²) in [5.41, 5.74) is 5.06. The third-order valence-corrected chi connectivity index (χ3v) is 6.43. The van der Waals surface area contributed by atoms with Gasteiger partial charge in [0.2, 0.25) is 10.0 Å². The van der Waals surface area contributed by atoms with Crippen LogP contribution >= 0.6 is 0 Å². The fraction of sp³-hybridized carbons (Fsp3) is 0.455. The van der Waals surface area contributed by atoms with Crippen LogP contribution in [-0.4, -0.2) is 34.4 Å². The van der Waals surface area contributed by atoms with Crippen molar-refractivity contribution in [3.8, 4) is 0 Å². The van der Waals surface area contributed by atoms with Gasteiger partial charge in [-0.3, -0.25) is 0 Å². The van der Waals surface area contributed by atoms with E-state index in [-0.39, 0.29) is 17.2 Å². The minimum Gasteiger partial charge on any atom is -0.399 e. The zero-order valence-electron chi connectivity index (χ0n) is 10.8. The molecule has 3 N–H and O–H groups in total. The van der Waals surface area contributed by atoms with E-state index in [1.165, 1.54) is 0 Å². The van der Waals surface area contributed by atoms with Gasteiger partial charge in [0, 0.05) is 11.7 Å². The molecule has 0 bridgehead atoms. The van der Waals surface area contributed by atoms with Crippen molar-refractivity contribution in [2.45, 2.75) is 23.8 Å². The van der Waals surface area contributed by atoms with Gasteiger partial charge in [0.1, 0.15) is 4.90 Å². The number of sulfone groups is 1. The quantitative estimate of drug-likeness (QED) is 0.775. The van der Waals surface area contributed by atoms with E-state index in [9.17, 15) is 25.6 Å². The highest BCUT2D eigenvalue weighted by Crippen LogP contribution is 2.22. The largest absolute Gasteiger partial charge is 0.399 e. The van der Waals surface area contributed by atoms with E-state index in [1.807, 2.05) is 0 Å². The summed E-state index contributed by atoms with van der Waals surface area (Å²) >= 11 is 0. The lowest BCUT2D eigenvalue weighted by atomic mass is 10.2. The summed E-state index contributed by atoms with van der Waals surface area (Å²) in [5, 5.41) is 0. The molecular formula is C11H14F2N2O4S2. The number of hydrogen-bond acceptors (Lipinski definition) is 5. The molecule has 0 aliphatic carbocycles. The molecule has 0 spiro atoms. The van der Waals surface area contributed by atoms with Crippen molar-refractivity contribution in [3.63, 3.8) is 0 Å². The zero-order chi connectivity index (χ0) is 15.8. The third-order valence-electron chi connectivity index (χ3n) is 3.09. The number of benzene rings is 1. The van der Waals surface area contributed by atoms with E-state index < -0.39 is 42.4 Å². The van der Waals surface area contributed by atoms with E-state index in [2.05, 4.69) is 4.72 Å². The molecule has 0 aromatic heterocycles. The van der Waals surface area contributed by atoms with Crippen LogP contribution in [0.5, 0.6) is 0 Å². The van der Waals surface area contributed by atoms with Gasteiger partial charge in [-0.1, -0.05) is 0 Å². The Morgan fingerprint density at radius 3 is 2.57 bits per heavy atom. The van der Waals surface area contributed by atoms with Gasteiger partial charge in [0.25, 0.3) is 0 Å². The second kappa shape index (κ2) is 5.50. The molecule has 21 heavy (non-hydrogen) atoms. The van der Waals surface area contributed by atoms with Crippen LogP contribution in [0.25, 0.3) is 0 Å². The maximum atomic E-state index is 13.6. The zero-order valence-corrected chi connectivity index (χ0v) is 12.5. The molecular weight excluding hydrogens is 326 g/mol. The molecule has 1 aromatic carbocycles. The van der Waals surface area contributed by atoms with Crippen molar-refractivity contribution < 1.29 is 25.6 Å². The lowest BCUT2D eigenvalue weighted by Gasteiger charge is -2.23. The van der Waals surface area contributed by atoms with Crippen LogP contribution in [0.1, 0.15) is 12.8 Å². The Morgan fingerprint density at radius 2 is 1.95 bits per heavy atom. The Balaban J connectivity index is 2.31. The maximum Gasteiger partial charge on any atom is 0.243 e. The average molecular weight is 340 g/mol. The second-order valence-electron chi connectivity index (χ2n) is 4.89. The Hall–Kier alpha value is -1.26. The Kier molecular flexibility index (Phi) is 4.22. The fourth-order valence-electron chi connectivity index (χ4n) is 2.18. The molecule has 6 nitrogen and oxygen atoms in total. The van der Waals surface area contributed by atoms with E-state index in [0.717, 1.165) is 6.07 Å². The number of halogens is 2. The summed E-state index contributed by atoms with van der Waals surface area (Å²) in [7, 11) is -7.73. The summed E-state index contributed by atoms with van der Waals surface area (Å²) in [4.78, 5) is -0.928. The van der Waals surface area contributed by atoms with Crippen molar-refractivity contribution in [2.24, 2.45) is 0 Å². The Bertz CT molecular complexity index is 763. The topological polar surface area (TPSA) is 106 Å². The molecule has 0 radical (unpaired) electrons. The van der Waals surface area contributed by atoms with Gasteiger partial charge in [-0.2, -0.15) is 0 Å². The lowest BCUT2D eigenvalue weighted by Crippen LogP contribution is -2.43. The van der Waals surface area contributed by atoms with Crippen molar-refractivity contribution in [1.82, 2.24) is 4.72 Å². The van der Waals surface area contributed by atoms with Gasteiger partial charge >= 0.3 is 0 Å². The van der Waals surface area contributed by atoms with Crippen LogP contribution in [-0.2, 0) is 19.9 Å². The van der Waals surface area contributed by atoms with Gasteiger partial charge in [0.15, 0.2) is 21.5 Å². The number of nitrogens with one attached hydrogen (secondary N) is 1. The fourth-order valence-corrected chi connectivity index (χ4v) is 5.31. The van der Waals surface area contributed by atoms with Crippen LogP contribution in [0.4, 0.5) is 14.5 Å². The highest BCUT2D eigenvalue weighted by Gasteiger charge is 2.30. The van der Waals surface area contributed by atoms with Crippen LogP contribution in [0.2, 0.25) is 0 Å². The molecule has 1 aromatic rings. The molecule has 0 amide bonds. The molecule has 0 saturated carbocycles. The SMILES string of the molecule is Nc1cc(F)c(F)c(S(=O)(=O)NC2CCCS(=O)(=O)C2)c1. The van der Waals surface area contributed by atoms with E-state index in [0.29, 0.717) is 18.9 Å². The molecule has 1 aliphatic rings. The molecule has 118 valence electrons. The normalized spacial score (nSPS) is 22.1. The first-order valence-electron chi connectivity index (χ1n) is 6.08. The minimum absolute atomic E-state index is 0.00744. The van der Waals surface area contributed by atoms with Crippen molar-refractivity contribution in [1.29, 1.82) is 0 Å². The summed E-state index contributed by atoms with van der Waals surface area (Å²) < 4.78 is 76.0. The number of sulfonamides is 1. The van der Waals surface area contributed by atoms with Crippen molar-refractivity contribution in [2.75, 3.05) is 17.2 Å². The maximum absolute atomic E-state index is 13.6. The molecule has 1 saturated heterocycles. The van der Waals surface area contributed by atoms with Gasteiger partial charge in [-0.05, 0) is 25.0 Å². The number of rotatable bonds is 3. The van der Waals surface area contributed by atoms with E-state index in [1.54, 1.807) is 0 Å². The highest BCUT2D eigenvalue weighted by molar-refractivity contribution is 7.91. The monoisotopic (exact) mass is 340 g/mol. The summed E-state index contributed by atoms with van der Waals surface area (Å²) in [6.07, 6.45) is 0.619. The van der Waals surface area contributed by atoms with Gasteiger partial charge in [-0.25, -0.2) is 30.3 Å². The van der Waals surface area contributed by atoms with Crippen LogP contribution in [0.15, 0.2) is 17.0 Å². The van der Waals surface area contributed by atoms with E-state index >= 15 is 0 Å².